The molecule has 0 aliphatic carbocycles. The summed E-state index contributed by atoms with van der Waals surface area (Å²) in [5.74, 6) is 0.317. The van der Waals surface area contributed by atoms with E-state index in [9.17, 15) is 9.59 Å². The molecule has 0 aliphatic heterocycles. The van der Waals surface area contributed by atoms with Gasteiger partial charge < -0.3 is 5.11 Å². The molecule has 17 heavy (non-hydrogen) atoms. The van der Waals surface area contributed by atoms with Crippen molar-refractivity contribution >= 4 is 11.8 Å². The van der Waals surface area contributed by atoms with Gasteiger partial charge in [0.1, 0.15) is 5.78 Å². The van der Waals surface area contributed by atoms with Crippen LogP contribution in [0.5, 0.6) is 0 Å². The standard InChI is InChI=1S/C14H26O3/c1-12(2)8-7-10-13(15)9-5-3-4-6-11-14(16)17/h12H,3-11H2,1-2H3,(H,16,17). The van der Waals surface area contributed by atoms with Crippen LogP contribution in [-0.2, 0) is 9.59 Å². The van der Waals surface area contributed by atoms with Crippen molar-refractivity contribution in [1.82, 2.24) is 0 Å². The lowest BCUT2D eigenvalue weighted by atomic mass is 10.0. The van der Waals surface area contributed by atoms with Crippen molar-refractivity contribution < 1.29 is 14.7 Å². The van der Waals surface area contributed by atoms with Gasteiger partial charge in [0, 0.05) is 19.3 Å². The summed E-state index contributed by atoms with van der Waals surface area (Å²) >= 11 is 0. The van der Waals surface area contributed by atoms with Crippen LogP contribution in [0.2, 0.25) is 0 Å². The quantitative estimate of drug-likeness (QED) is 0.560. The van der Waals surface area contributed by atoms with E-state index in [1.54, 1.807) is 0 Å². The molecule has 3 nitrogen and oxygen atoms in total. The van der Waals surface area contributed by atoms with Gasteiger partial charge in [0.25, 0.3) is 0 Å². The average Bonchev–Trinajstić information content (AvgIpc) is 2.22. The SMILES string of the molecule is CC(C)CCCC(=O)CCCCCCC(=O)O. The summed E-state index contributed by atoms with van der Waals surface area (Å²) in [4.78, 5) is 21.7. The molecule has 0 radical (unpaired) electrons. The molecule has 0 saturated heterocycles. The van der Waals surface area contributed by atoms with Crippen molar-refractivity contribution in [3.8, 4) is 0 Å². The zero-order chi connectivity index (χ0) is 13.1. The molecule has 0 amide bonds. The number of aliphatic carboxylic acids is 1. The molecule has 0 heterocycles. The van der Waals surface area contributed by atoms with Crippen LogP contribution in [0.4, 0.5) is 0 Å². The van der Waals surface area contributed by atoms with Gasteiger partial charge in [-0.3, -0.25) is 9.59 Å². The van der Waals surface area contributed by atoms with Gasteiger partial charge in [0.15, 0.2) is 0 Å². The number of ketones is 1. The summed E-state index contributed by atoms with van der Waals surface area (Å²) < 4.78 is 0. The van der Waals surface area contributed by atoms with Crippen molar-refractivity contribution in [3.63, 3.8) is 0 Å². The largest absolute Gasteiger partial charge is 0.481 e. The molecule has 0 aliphatic rings. The third-order valence-electron chi connectivity index (χ3n) is 2.83. The number of carboxylic acids is 1. The number of hydrogen-bond acceptors (Lipinski definition) is 2. The highest BCUT2D eigenvalue weighted by Crippen LogP contribution is 2.10. The molecule has 0 unspecified atom stereocenters. The fourth-order valence-corrected chi connectivity index (χ4v) is 1.78. The number of Topliss-reactive ketones (excluding diaryl/α,β-unsaturated/α-hetero) is 1. The Hall–Kier alpha value is -0.860. The van der Waals surface area contributed by atoms with E-state index in [0.717, 1.165) is 38.5 Å². The molecule has 0 rings (SSSR count). The topological polar surface area (TPSA) is 54.4 Å². The van der Waals surface area contributed by atoms with Crippen LogP contribution in [0.15, 0.2) is 0 Å². The van der Waals surface area contributed by atoms with Crippen LogP contribution in [0, 0.1) is 5.92 Å². The van der Waals surface area contributed by atoms with Crippen LogP contribution in [0.3, 0.4) is 0 Å². The minimum Gasteiger partial charge on any atom is -0.481 e. The number of carboxylic acid groups (broad SMARTS) is 1. The van der Waals surface area contributed by atoms with Gasteiger partial charge in [0.2, 0.25) is 0 Å². The number of rotatable bonds is 11. The molecule has 0 aromatic heterocycles. The fraction of sp³-hybridized carbons (Fsp3) is 0.857. The molecule has 0 bridgehead atoms. The van der Waals surface area contributed by atoms with Crippen molar-refractivity contribution in [2.24, 2.45) is 5.92 Å². The summed E-state index contributed by atoms with van der Waals surface area (Å²) in [6.07, 6.45) is 7.33. The fourth-order valence-electron chi connectivity index (χ4n) is 1.78. The molecule has 0 spiro atoms. The van der Waals surface area contributed by atoms with Gasteiger partial charge in [0.05, 0.1) is 0 Å². The number of unbranched alkanes of at least 4 members (excludes halogenated alkanes) is 3. The zero-order valence-electron chi connectivity index (χ0n) is 11.2. The molecule has 0 fully saturated rings. The van der Waals surface area contributed by atoms with E-state index in [1.807, 2.05) is 0 Å². The summed E-state index contributed by atoms with van der Waals surface area (Å²) in [6, 6.07) is 0. The van der Waals surface area contributed by atoms with Gasteiger partial charge >= 0.3 is 5.97 Å². The van der Waals surface area contributed by atoms with Crippen LogP contribution in [0.25, 0.3) is 0 Å². The van der Waals surface area contributed by atoms with E-state index in [2.05, 4.69) is 13.8 Å². The van der Waals surface area contributed by atoms with E-state index in [1.165, 1.54) is 0 Å². The highest BCUT2D eigenvalue weighted by atomic mass is 16.4. The Morgan fingerprint density at radius 3 is 1.94 bits per heavy atom. The minimum atomic E-state index is -0.727. The van der Waals surface area contributed by atoms with E-state index in [0.29, 0.717) is 24.5 Å². The summed E-state index contributed by atoms with van der Waals surface area (Å²) in [6.45, 7) is 4.35. The first-order valence-corrected chi connectivity index (χ1v) is 6.76. The summed E-state index contributed by atoms with van der Waals surface area (Å²) in [5.41, 5.74) is 0. The first-order valence-electron chi connectivity index (χ1n) is 6.76. The monoisotopic (exact) mass is 242 g/mol. The lowest BCUT2D eigenvalue weighted by Gasteiger charge is -2.04. The first-order chi connectivity index (χ1) is 8.02. The smallest absolute Gasteiger partial charge is 0.303 e. The summed E-state index contributed by atoms with van der Waals surface area (Å²) in [7, 11) is 0. The molecule has 0 aromatic rings. The lowest BCUT2D eigenvalue weighted by molar-refractivity contribution is -0.137. The Kier molecular flexibility index (Phi) is 9.78. The highest BCUT2D eigenvalue weighted by Gasteiger charge is 2.03. The molecule has 1 N–H and O–H groups in total. The highest BCUT2D eigenvalue weighted by molar-refractivity contribution is 5.78. The predicted molar refractivity (Wildman–Crippen MR) is 69.0 cm³/mol. The maximum atomic E-state index is 11.5. The summed E-state index contributed by atoms with van der Waals surface area (Å²) in [5, 5.41) is 8.45. The van der Waals surface area contributed by atoms with Crippen molar-refractivity contribution in [3.05, 3.63) is 0 Å². The van der Waals surface area contributed by atoms with E-state index >= 15 is 0 Å². The van der Waals surface area contributed by atoms with Crippen LogP contribution >= 0.6 is 0 Å². The van der Waals surface area contributed by atoms with Crippen LogP contribution < -0.4 is 0 Å². The average molecular weight is 242 g/mol. The molecule has 0 aromatic carbocycles. The van der Waals surface area contributed by atoms with Gasteiger partial charge in [-0.1, -0.05) is 33.1 Å². The molecular formula is C14H26O3. The van der Waals surface area contributed by atoms with Crippen molar-refractivity contribution in [2.45, 2.75) is 71.6 Å². The second kappa shape index (κ2) is 10.3. The van der Waals surface area contributed by atoms with E-state index in [-0.39, 0.29) is 6.42 Å². The van der Waals surface area contributed by atoms with Gasteiger partial charge in [-0.25, -0.2) is 0 Å². The zero-order valence-corrected chi connectivity index (χ0v) is 11.2. The Labute approximate surface area is 105 Å². The molecule has 3 heteroatoms. The second-order valence-corrected chi connectivity index (χ2v) is 5.13. The third-order valence-corrected chi connectivity index (χ3v) is 2.83. The maximum absolute atomic E-state index is 11.5. The minimum absolute atomic E-state index is 0.252. The number of hydrogen-bond donors (Lipinski definition) is 1. The lowest BCUT2D eigenvalue weighted by Crippen LogP contribution is -1.99. The normalized spacial score (nSPS) is 10.8. The van der Waals surface area contributed by atoms with E-state index < -0.39 is 5.97 Å². The molecular weight excluding hydrogens is 216 g/mol. The third kappa shape index (κ3) is 13.1. The Balaban J connectivity index is 3.24. The van der Waals surface area contributed by atoms with Crippen molar-refractivity contribution in [2.75, 3.05) is 0 Å². The van der Waals surface area contributed by atoms with E-state index in [4.69, 9.17) is 5.11 Å². The second-order valence-electron chi connectivity index (χ2n) is 5.13. The van der Waals surface area contributed by atoms with Crippen LogP contribution in [0.1, 0.15) is 71.6 Å². The van der Waals surface area contributed by atoms with Gasteiger partial charge in [-0.2, -0.15) is 0 Å². The predicted octanol–water partition coefficient (Wildman–Crippen LogP) is 3.81. The van der Waals surface area contributed by atoms with Gasteiger partial charge in [-0.05, 0) is 25.2 Å². The van der Waals surface area contributed by atoms with Crippen molar-refractivity contribution in [1.29, 1.82) is 0 Å². The molecule has 100 valence electrons. The Bertz CT molecular complexity index is 222. The van der Waals surface area contributed by atoms with Gasteiger partial charge in [-0.15, -0.1) is 0 Å². The Morgan fingerprint density at radius 1 is 0.882 bits per heavy atom. The first kappa shape index (κ1) is 16.1. The number of carbonyl (C=O) groups is 2. The maximum Gasteiger partial charge on any atom is 0.303 e. The number of carbonyl (C=O) groups excluding carboxylic acids is 1. The Morgan fingerprint density at radius 2 is 1.41 bits per heavy atom. The molecule has 0 atom stereocenters. The molecule has 0 saturated carbocycles. The van der Waals surface area contributed by atoms with Crippen LogP contribution in [-0.4, -0.2) is 16.9 Å².